The zero-order valence-electron chi connectivity index (χ0n) is 14.8. The Kier molecular flexibility index (Phi) is 4.35. The molecule has 1 fully saturated rings. The van der Waals surface area contributed by atoms with Gasteiger partial charge in [-0.05, 0) is 30.3 Å². The first-order valence-electron chi connectivity index (χ1n) is 8.62. The Morgan fingerprint density at radius 2 is 1.78 bits per heavy atom. The van der Waals surface area contributed by atoms with Gasteiger partial charge in [0.2, 0.25) is 0 Å². The van der Waals surface area contributed by atoms with Crippen molar-refractivity contribution in [3.05, 3.63) is 59.7 Å². The number of carbonyl (C=O) groups excluding carboxylic acids is 1. The van der Waals surface area contributed by atoms with Gasteiger partial charge in [0.15, 0.2) is 5.84 Å². The third kappa shape index (κ3) is 3.16. The van der Waals surface area contributed by atoms with Crippen molar-refractivity contribution < 1.29 is 17.9 Å². The molecule has 1 saturated heterocycles. The van der Waals surface area contributed by atoms with Gasteiger partial charge in [-0.15, -0.1) is 4.40 Å². The molecular weight excluding hydrogens is 366 g/mol. The highest BCUT2D eigenvalue weighted by atomic mass is 32.2. The number of amidine groups is 1. The second-order valence-corrected chi connectivity index (χ2v) is 7.97. The summed E-state index contributed by atoms with van der Waals surface area (Å²) in [5, 5.41) is 0. The van der Waals surface area contributed by atoms with E-state index in [2.05, 4.69) is 4.40 Å². The van der Waals surface area contributed by atoms with Crippen LogP contribution in [0.5, 0.6) is 5.75 Å². The van der Waals surface area contributed by atoms with Crippen LogP contribution in [0.3, 0.4) is 0 Å². The number of rotatable bonds is 2. The Morgan fingerprint density at radius 3 is 2.52 bits per heavy atom. The second-order valence-electron chi connectivity index (χ2n) is 6.40. The summed E-state index contributed by atoms with van der Waals surface area (Å²) >= 11 is 0. The van der Waals surface area contributed by atoms with Gasteiger partial charge in [0.1, 0.15) is 10.6 Å². The van der Waals surface area contributed by atoms with Crippen molar-refractivity contribution >= 4 is 21.8 Å². The molecule has 0 spiro atoms. The molecule has 4 rings (SSSR count). The summed E-state index contributed by atoms with van der Waals surface area (Å²) in [5.41, 5.74) is 1.21. The fraction of sp³-hybridized carbons (Fsp3) is 0.263. The Morgan fingerprint density at radius 1 is 1.04 bits per heavy atom. The molecule has 0 aliphatic carbocycles. The van der Waals surface area contributed by atoms with Crippen LogP contribution >= 0.6 is 0 Å². The molecule has 0 atom stereocenters. The zero-order valence-corrected chi connectivity index (χ0v) is 15.6. The SMILES string of the molecule is COc1cccc(C(=O)N2CCN(C3=NS(=O)(=O)c4ccccc43)CC2)c1. The fourth-order valence-electron chi connectivity index (χ4n) is 3.38. The van der Waals surface area contributed by atoms with Crippen LogP contribution in [0.2, 0.25) is 0 Å². The highest BCUT2D eigenvalue weighted by molar-refractivity contribution is 7.90. The summed E-state index contributed by atoms with van der Waals surface area (Å²) in [6.07, 6.45) is 0. The Bertz CT molecular complexity index is 1020. The molecule has 0 radical (unpaired) electrons. The quantitative estimate of drug-likeness (QED) is 0.785. The average Bonchev–Trinajstić information content (AvgIpc) is 2.99. The van der Waals surface area contributed by atoms with E-state index in [4.69, 9.17) is 4.74 Å². The summed E-state index contributed by atoms with van der Waals surface area (Å²) in [4.78, 5) is 16.7. The van der Waals surface area contributed by atoms with Gasteiger partial charge in [0.05, 0.1) is 7.11 Å². The van der Waals surface area contributed by atoms with Crippen molar-refractivity contribution in [1.29, 1.82) is 0 Å². The molecule has 0 unspecified atom stereocenters. The molecule has 140 valence electrons. The van der Waals surface area contributed by atoms with Gasteiger partial charge in [-0.3, -0.25) is 4.79 Å². The lowest BCUT2D eigenvalue weighted by molar-refractivity contribution is 0.0692. The molecule has 1 amide bonds. The number of hydrogen-bond acceptors (Lipinski definition) is 5. The van der Waals surface area contributed by atoms with Crippen molar-refractivity contribution in [3.8, 4) is 5.75 Å². The summed E-state index contributed by atoms with van der Waals surface area (Å²) < 4.78 is 33.6. The standard InChI is InChI=1S/C19H19N3O4S/c1-26-15-6-4-5-14(13-15)19(23)22-11-9-21(10-12-22)18-16-7-2-3-8-17(16)27(24,25)20-18/h2-8,13H,9-12H2,1H3. The minimum Gasteiger partial charge on any atom is -0.497 e. The van der Waals surface area contributed by atoms with E-state index in [1.807, 2.05) is 4.90 Å². The molecule has 2 heterocycles. The van der Waals surface area contributed by atoms with Crippen LogP contribution in [0.4, 0.5) is 0 Å². The summed E-state index contributed by atoms with van der Waals surface area (Å²) in [6.45, 7) is 2.05. The number of piperazine rings is 1. The van der Waals surface area contributed by atoms with Crippen molar-refractivity contribution in [3.63, 3.8) is 0 Å². The minimum absolute atomic E-state index is 0.0602. The monoisotopic (exact) mass is 385 g/mol. The van der Waals surface area contributed by atoms with Gasteiger partial charge in [-0.1, -0.05) is 18.2 Å². The van der Waals surface area contributed by atoms with Crippen molar-refractivity contribution in [2.75, 3.05) is 33.3 Å². The summed E-state index contributed by atoms with van der Waals surface area (Å²) in [6, 6.07) is 13.9. The first-order valence-corrected chi connectivity index (χ1v) is 10.1. The van der Waals surface area contributed by atoms with Crippen LogP contribution in [0.1, 0.15) is 15.9 Å². The van der Waals surface area contributed by atoms with E-state index < -0.39 is 10.0 Å². The number of methoxy groups -OCH3 is 1. The van der Waals surface area contributed by atoms with Gasteiger partial charge in [-0.2, -0.15) is 8.42 Å². The molecule has 2 aliphatic heterocycles. The van der Waals surface area contributed by atoms with Crippen LogP contribution in [-0.4, -0.2) is 63.2 Å². The van der Waals surface area contributed by atoms with Gasteiger partial charge >= 0.3 is 0 Å². The highest BCUT2D eigenvalue weighted by Crippen LogP contribution is 2.28. The van der Waals surface area contributed by atoms with E-state index in [9.17, 15) is 13.2 Å². The predicted molar refractivity (Wildman–Crippen MR) is 101 cm³/mol. The normalized spacial score (nSPS) is 18.0. The third-order valence-electron chi connectivity index (χ3n) is 4.80. The lowest BCUT2D eigenvalue weighted by Crippen LogP contribution is -2.50. The van der Waals surface area contributed by atoms with Crippen molar-refractivity contribution in [1.82, 2.24) is 9.80 Å². The maximum Gasteiger partial charge on any atom is 0.285 e. The zero-order chi connectivity index (χ0) is 19.0. The maximum absolute atomic E-state index is 12.7. The van der Waals surface area contributed by atoms with Crippen molar-refractivity contribution in [2.24, 2.45) is 4.40 Å². The Labute approximate surface area is 157 Å². The first-order chi connectivity index (χ1) is 13.0. The molecule has 0 bridgehead atoms. The second kappa shape index (κ2) is 6.70. The molecular formula is C19H19N3O4S. The largest absolute Gasteiger partial charge is 0.497 e. The molecule has 0 N–H and O–H groups in total. The summed E-state index contributed by atoms with van der Waals surface area (Å²) in [7, 11) is -2.07. The number of benzene rings is 2. The van der Waals surface area contributed by atoms with Gasteiger partial charge < -0.3 is 14.5 Å². The molecule has 8 heteroatoms. The van der Waals surface area contributed by atoms with Crippen LogP contribution < -0.4 is 4.74 Å². The molecule has 7 nitrogen and oxygen atoms in total. The Hall–Kier alpha value is -2.87. The first kappa shape index (κ1) is 17.5. The van der Waals surface area contributed by atoms with E-state index in [1.54, 1.807) is 60.5 Å². The number of amides is 1. The number of hydrogen-bond donors (Lipinski definition) is 0. The average molecular weight is 385 g/mol. The smallest absolute Gasteiger partial charge is 0.285 e. The van der Waals surface area contributed by atoms with E-state index in [-0.39, 0.29) is 10.8 Å². The number of carbonyl (C=O) groups is 1. The molecule has 27 heavy (non-hydrogen) atoms. The van der Waals surface area contributed by atoms with Crippen LogP contribution in [0, 0.1) is 0 Å². The molecule has 2 aromatic rings. The topological polar surface area (TPSA) is 79.3 Å². The highest BCUT2D eigenvalue weighted by Gasteiger charge is 2.33. The van der Waals surface area contributed by atoms with Gasteiger partial charge in [-0.25, -0.2) is 0 Å². The number of ether oxygens (including phenoxy) is 1. The van der Waals surface area contributed by atoms with Crippen LogP contribution in [0.15, 0.2) is 57.8 Å². The number of fused-ring (bicyclic) bond motifs is 1. The van der Waals surface area contributed by atoms with Crippen molar-refractivity contribution in [2.45, 2.75) is 4.90 Å². The lowest BCUT2D eigenvalue weighted by atomic mass is 10.1. The van der Waals surface area contributed by atoms with Crippen LogP contribution in [0.25, 0.3) is 0 Å². The molecule has 0 saturated carbocycles. The minimum atomic E-state index is -3.63. The number of sulfonamides is 1. The molecule has 2 aromatic carbocycles. The van der Waals surface area contributed by atoms with Gasteiger partial charge in [0.25, 0.3) is 15.9 Å². The van der Waals surface area contributed by atoms with Gasteiger partial charge in [0, 0.05) is 37.3 Å². The predicted octanol–water partition coefficient (Wildman–Crippen LogP) is 1.60. The van der Waals surface area contributed by atoms with E-state index >= 15 is 0 Å². The fourth-order valence-corrected chi connectivity index (χ4v) is 4.60. The van der Waals surface area contributed by atoms with E-state index in [1.165, 1.54) is 0 Å². The number of nitrogens with zero attached hydrogens (tertiary/aromatic N) is 3. The third-order valence-corrected chi connectivity index (χ3v) is 6.12. The molecule has 2 aliphatic rings. The summed E-state index contributed by atoms with van der Waals surface area (Å²) in [5.74, 6) is 1.05. The maximum atomic E-state index is 12.7. The lowest BCUT2D eigenvalue weighted by Gasteiger charge is -2.35. The van der Waals surface area contributed by atoms with E-state index in [0.717, 1.165) is 0 Å². The Balaban J connectivity index is 1.49. The molecule has 0 aromatic heterocycles. The van der Waals surface area contributed by atoms with Crippen LogP contribution in [-0.2, 0) is 10.0 Å². The van der Waals surface area contributed by atoms with E-state index in [0.29, 0.717) is 48.9 Å².